The Kier molecular flexibility index (Phi) is 10.9. The largest absolute Gasteiger partial charge is 0.385 e. The van der Waals surface area contributed by atoms with Gasteiger partial charge in [0.15, 0.2) is 5.96 Å². The van der Waals surface area contributed by atoms with Gasteiger partial charge in [0, 0.05) is 46.4 Å². The Balaban J connectivity index is 1.74. The molecular formula is C22H39N5O. The summed E-state index contributed by atoms with van der Waals surface area (Å²) in [6.07, 6.45) is 3.75. The van der Waals surface area contributed by atoms with Crippen LogP contribution in [0.1, 0.15) is 37.3 Å². The highest BCUT2D eigenvalue weighted by Gasteiger charge is 2.11. The lowest BCUT2D eigenvalue weighted by Crippen LogP contribution is -2.41. The van der Waals surface area contributed by atoms with Gasteiger partial charge in [0.1, 0.15) is 0 Å². The Morgan fingerprint density at radius 2 is 1.82 bits per heavy atom. The SMILES string of the molecule is CCNC(=NCc1ccc(CN2CCCC2)cc1)NCCN(C)CCCOC. The number of likely N-dealkylation sites (tertiary alicyclic amines) is 1. The van der Waals surface area contributed by atoms with E-state index in [1.54, 1.807) is 7.11 Å². The van der Waals surface area contributed by atoms with Crippen molar-refractivity contribution in [3.05, 3.63) is 35.4 Å². The van der Waals surface area contributed by atoms with E-state index in [-0.39, 0.29) is 0 Å². The van der Waals surface area contributed by atoms with Gasteiger partial charge in [-0.1, -0.05) is 24.3 Å². The lowest BCUT2D eigenvalue weighted by atomic mass is 10.1. The van der Waals surface area contributed by atoms with Crippen molar-refractivity contribution in [3.63, 3.8) is 0 Å². The number of methoxy groups -OCH3 is 1. The average molecular weight is 390 g/mol. The molecule has 0 aromatic heterocycles. The van der Waals surface area contributed by atoms with Crippen LogP contribution in [0.4, 0.5) is 0 Å². The summed E-state index contributed by atoms with van der Waals surface area (Å²) in [7, 11) is 3.90. The highest BCUT2D eigenvalue weighted by atomic mass is 16.5. The molecule has 0 amide bonds. The molecule has 1 aliphatic rings. The van der Waals surface area contributed by atoms with Crippen LogP contribution in [0.2, 0.25) is 0 Å². The van der Waals surface area contributed by atoms with Crippen LogP contribution in [-0.4, -0.2) is 75.8 Å². The highest BCUT2D eigenvalue weighted by Crippen LogP contribution is 2.13. The topological polar surface area (TPSA) is 52.1 Å². The van der Waals surface area contributed by atoms with E-state index in [2.05, 4.69) is 58.7 Å². The molecule has 0 aliphatic carbocycles. The summed E-state index contributed by atoms with van der Waals surface area (Å²) >= 11 is 0. The van der Waals surface area contributed by atoms with Gasteiger partial charge in [0.25, 0.3) is 0 Å². The summed E-state index contributed by atoms with van der Waals surface area (Å²) in [4.78, 5) is 9.58. The molecule has 0 spiro atoms. The molecule has 0 radical (unpaired) electrons. The van der Waals surface area contributed by atoms with Crippen molar-refractivity contribution in [1.29, 1.82) is 0 Å². The van der Waals surface area contributed by atoms with Crippen LogP contribution in [0.15, 0.2) is 29.3 Å². The Morgan fingerprint density at radius 3 is 2.50 bits per heavy atom. The molecule has 28 heavy (non-hydrogen) atoms. The molecule has 0 atom stereocenters. The molecule has 158 valence electrons. The predicted octanol–water partition coefficient (Wildman–Crippen LogP) is 2.31. The molecule has 1 aromatic carbocycles. The molecule has 1 heterocycles. The van der Waals surface area contributed by atoms with E-state index in [1.807, 2.05) is 0 Å². The lowest BCUT2D eigenvalue weighted by molar-refractivity contribution is 0.180. The average Bonchev–Trinajstić information content (AvgIpc) is 3.20. The van der Waals surface area contributed by atoms with Crippen molar-refractivity contribution >= 4 is 5.96 Å². The van der Waals surface area contributed by atoms with Crippen LogP contribution in [-0.2, 0) is 17.8 Å². The Morgan fingerprint density at radius 1 is 1.11 bits per heavy atom. The first-order valence-electron chi connectivity index (χ1n) is 10.7. The summed E-state index contributed by atoms with van der Waals surface area (Å²) in [5, 5.41) is 6.76. The molecule has 6 nitrogen and oxygen atoms in total. The number of benzene rings is 1. The zero-order chi connectivity index (χ0) is 20.0. The quantitative estimate of drug-likeness (QED) is 0.326. The molecule has 1 aromatic rings. The van der Waals surface area contributed by atoms with E-state index < -0.39 is 0 Å². The van der Waals surface area contributed by atoms with Crippen LogP contribution in [0, 0.1) is 0 Å². The van der Waals surface area contributed by atoms with Crippen LogP contribution in [0.3, 0.4) is 0 Å². The minimum Gasteiger partial charge on any atom is -0.385 e. The number of hydrogen-bond acceptors (Lipinski definition) is 4. The zero-order valence-electron chi connectivity index (χ0n) is 18.0. The third-order valence-electron chi connectivity index (χ3n) is 5.07. The van der Waals surface area contributed by atoms with Crippen LogP contribution in [0.25, 0.3) is 0 Å². The maximum atomic E-state index is 5.11. The molecule has 1 aliphatic heterocycles. The number of hydrogen-bond donors (Lipinski definition) is 2. The number of likely N-dealkylation sites (N-methyl/N-ethyl adjacent to an activating group) is 1. The van der Waals surface area contributed by atoms with Gasteiger partial charge in [-0.25, -0.2) is 4.99 Å². The first kappa shape index (κ1) is 22.7. The maximum absolute atomic E-state index is 5.11. The van der Waals surface area contributed by atoms with Crippen molar-refractivity contribution in [3.8, 4) is 0 Å². The van der Waals surface area contributed by atoms with E-state index in [0.29, 0.717) is 6.54 Å². The van der Waals surface area contributed by atoms with Crippen LogP contribution in [0.5, 0.6) is 0 Å². The first-order chi connectivity index (χ1) is 13.7. The first-order valence-corrected chi connectivity index (χ1v) is 10.7. The number of ether oxygens (including phenoxy) is 1. The van der Waals surface area contributed by atoms with Crippen molar-refractivity contribution in [1.82, 2.24) is 20.4 Å². The number of rotatable bonds is 12. The number of nitrogens with one attached hydrogen (secondary N) is 2. The maximum Gasteiger partial charge on any atom is 0.191 e. The number of guanidine groups is 1. The van der Waals surface area contributed by atoms with Crippen LogP contribution < -0.4 is 10.6 Å². The zero-order valence-corrected chi connectivity index (χ0v) is 18.0. The van der Waals surface area contributed by atoms with Crippen LogP contribution >= 0.6 is 0 Å². The van der Waals surface area contributed by atoms with Gasteiger partial charge in [-0.2, -0.15) is 0 Å². The summed E-state index contributed by atoms with van der Waals surface area (Å²) in [6.45, 7) is 11.0. The van der Waals surface area contributed by atoms with E-state index in [0.717, 1.165) is 51.7 Å². The van der Waals surface area contributed by atoms with Crippen molar-refractivity contribution in [2.75, 3.05) is 60.0 Å². The highest BCUT2D eigenvalue weighted by molar-refractivity contribution is 5.79. The summed E-state index contributed by atoms with van der Waals surface area (Å²) in [5.41, 5.74) is 2.65. The van der Waals surface area contributed by atoms with Crippen molar-refractivity contribution in [2.45, 2.75) is 39.3 Å². The molecule has 2 rings (SSSR count). The minimum atomic E-state index is 0.697. The summed E-state index contributed by atoms with van der Waals surface area (Å²) in [6, 6.07) is 8.92. The smallest absolute Gasteiger partial charge is 0.191 e. The second-order valence-electron chi connectivity index (χ2n) is 7.57. The fourth-order valence-corrected chi connectivity index (χ4v) is 3.42. The Bertz CT molecular complexity index is 555. The Labute approximate surface area is 171 Å². The van der Waals surface area contributed by atoms with Gasteiger partial charge >= 0.3 is 0 Å². The van der Waals surface area contributed by atoms with Gasteiger partial charge in [-0.3, -0.25) is 4.90 Å². The monoisotopic (exact) mass is 389 g/mol. The number of aliphatic imine (C=N–C) groups is 1. The summed E-state index contributed by atoms with van der Waals surface area (Å²) < 4.78 is 5.11. The fraction of sp³-hybridized carbons (Fsp3) is 0.682. The third-order valence-corrected chi connectivity index (χ3v) is 5.07. The van der Waals surface area contributed by atoms with Gasteiger partial charge < -0.3 is 20.3 Å². The van der Waals surface area contributed by atoms with Crippen molar-refractivity contribution < 1.29 is 4.74 Å². The normalized spacial score (nSPS) is 15.4. The number of nitrogens with zero attached hydrogens (tertiary/aromatic N) is 3. The fourth-order valence-electron chi connectivity index (χ4n) is 3.42. The van der Waals surface area contributed by atoms with Gasteiger partial charge in [-0.05, 0) is 57.5 Å². The molecule has 0 bridgehead atoms. The van der Waals surface area contributed by atoms with Gasteiger partial charge in [0.05, 0.1) is 6.54 Å². The molecule has 1 fully saturated rings. The van der Waals surface area contributed by atoms with Gasteiger partial charge in [0.2, 0.25) is 0 Å². The minimum absolute atomic E-state index is 0.697. The standard InChI is InChI=1S/C22H39N5O/c1-4-23-22(24-12-16-26(2)13-7-17-28-3)25-18-20-8-10-21(11-9-20)19-27-14-5-6-15-27/h8-11H,4-7,12-19H2,1-3H3,(H2,23,24,25). The molecule has 0 saturated carbocycles. The predicted molar refractivity (Wildman–Crippen MR) is 118 cm³/mol. The molecular weight excluding hydrogens is 350 g/mol. The molecule has 6 heteroatoms. The van der Waals surface area contributed by atoms with Crippen molar-refractivity contribution in [2.24, 2.45) is 4.99 Å². The van der Waals surface area contributed by atoms with E-state index in [1.165, 1.54) is 37.1 Å². The Hall–Kier alpha value is -1.63. The van der Waals surface area contributed by atoms with Gasteiger partial charge in [-0.15, -0.1) is 0 Å². The van der Waals surface area contributed by atoms with E-state index >= 15 is 0 Å². The second-order valence-corrected chi connectivity index (χ2v) is 7.57. The second kappa shape index (κ2) is 13.5. The van der Waals surface area contributed by atoms with E-state index in [9.17, 15) is 0 Å². The molecule has 0 unspecified atom stereocenters. The third kappa shape index (κ3) is 9.04. The molecule has 1 saturated heterocycles. The molecule has 2 N–H and O–H groups in total. The summed E-state index contributed by atoms with van der Waals surface area (Å²) in [5.74, 6) is 0.883. The van der Waals surface area contributed by atoms with E-state index in [4.69, 9.17) is 9.73 Å². The lowest BCUT2D eigenvalue weighted by Gasteiger charge is -2.18.